The van der Waals surface area contributed by atoms with E-state index in [1.165, 1.54) is 0 Å². The summed E-state index contributed by atoms with van der Waals surface area (Å²) in [5.41, 5.74) is 13.3. The van der Waals surface area contributed by atoms with E-state index in [1.807, 2.05) is 6.07 Å². The number of anilines is 2. The smallest absolute Gasteiger partial charge is 0.250 e. The molecule has 0 heterocycles. The Balaban J connectivity index is 3.23. The Labute approximate surface area is 120 Å². The lowest BCUT2D eigenvalue weighted by Gasteiger charge is -2.33. The summed E-state index contributed by atoms with van der Waals surface area (Å²) in [6, 6.07) is 5.53. The van der Waals surface area contributed by atoms with E-state index in [1.54, 1.807) is 19.2 Å². The van der Waals surface area contributed by atoms with E-state index in [4.69, 9.17) is 16.2 Å². The van der Waals surface area contributed by atoms with Crippen molar-refractivity contribution >= 4 is 17.3 Å². The van der Waals surface area contributed by atoms with Gasteiger partial charge in [0.25, 0.3) is 5.91 Å². The van der Waals surface area contributed by atoms with E-state index in [9.17, 15) is 4.79 Å². The minimum absolute atomic E-state index is 0.324. The fourth-order valence-corrected chi connectivity index (χ4v) is 2.41. The van der Waals surface area contributed by atoms with Gasteiger partial charge in [0, 0.05) is 25.4 Å². The molecule has 0 aliphatic heterocycles. The van der Waals surface area contributed by atoms with Gasteiger partial charge in [0.2, 0.25) is 0 Å². The molecular formula is C15H25N3O2. The van der Waals surface area contributed by atoms with Crippen molar-refractivity contribution in [1.82, 2.24) is 0 Å². The van der Waals surface area contributed by atoms with Crippen molar-refractivity contribution in [3.05, 3.63) is 23.8 Å². The highest BCUT2D eigenvalue weighted by molar-refractivity contribution is 5.99. The quantitative estimate of drug-likeness (QED) is 0.713. The molecule has 20 heavy (non-hydrogen) atoms. The van der Waals surface area contributed by atoms with Gasteiger partial charge in [0.15, 0.2) is 0 Å². The van der Waals surface area contributed by atoms with Crippen LogP contribution in [0.4, 0.5) is 11.4 Å². The highest BCUT2D eigenvalue weighted by Crippen LogP contribution is 2.27. The number of carbonyl (C=O) groups is 1. The van der Waals surface area contributed by atoms with Crippen molar-refractivity contribution in [2.75, 3.05) is 30.9 Å². The summed E-state index contributed by atoms with van der Waals surface area (Å²) >= 11 is 0. The summed E-state index contributed by atoms with van der Waals surface area (Å²) in [5.74, 6) is -0.437. The van der Waals surface area contributed by atoms with Crippen molar-refractivity contribution < 1.29 is 9.53 Å². The van der Waals surface area contributed by atoms with E-state index < -0.39 is 5.91 Å². The van der Waals surface area contributed by atoms with Crippen LogP contribution < -0.4 is 16.4 Å². The monoisotopic (exact) mass is 279 g/mol. The molecule has 0 bridgehead atoms. The largest absolute Gasteiger partial charge is 0.399 e. The fourth-order valence-electron chi connectivity index (χ4n) is 2.41. The van der Waals surface area contributed by atoms with Crippen LogP contribution in [-0.2, 0) is 4.74 Å². The number of nitrogens with zero attached hydrogens (tertiary/aromatic N) is 1. The molecule has 1 rings (SSSR count). The van der Waals surface area contributed by atoms with Crippen LogP contribution >= 0.6 is 0 Å². The molecule has 5 heteroatoms. The topological polar surface area (TPSA) is 81.6 Å². The Morgan fingerprint density at radius 3 is 2.50 bits per heavy atom. The van der Waals surface area contributed by atoms with Crippen LogP contribution in [0.25, 0.3) is 0 Å². The van der Waals surface area contributed by atoms with Crippen LogP contribution in [0.3, 0.4) is 0 Å². The Kier molecular flexibility index (Phi) is 6.31. The molecule has 0 aromatic heterocycles. The summed E-state index contributed by atoms with van der Waals surface area (Å²) in [4.78, 5) is 13.8. The van der Waals surface area contributed by atoms with Gasteiger partial charge in [-0.3, -0.25) is 4.79 Å². The maximum absolute atomic E-state index is 11.6. The Morgan fingerprint density at radius 2 is 2.00 bits per heavy atom. The number of rotatable bonds is 8. The third-order valence-corrected chi connectivity index (χ3v) is 3.52. The van der Waals surface area contributed by atoms with Crippen LogP contribution in [0, 0.1) is 0 Å². The molecule has 1 aromatic carbocycles. The van der Waals surface area contributed by atoms with Gasteiger partial charge < -0.3 is 21.1 Å². The standard InChI is InChI=1S/C15H25N3O2/c1-4-12(5-2)18(8-9-20-3)14-10-11(16)6-7-13(14)15(17)19/h6-7,10,12H,4-5,8-9,16H2,1-3H3,(H2,17,19). The molecule has 0 saturated heterocycles. The molecule has 112 valence electrons. The number of hydrogen-bond acceptors (Lipinski definition) is 4. The number of hydrogen-bond donors (Lipinski definition) is 2. The summed E-state index contributed by atoms with van der Waals surface area (Å²) in [6.45, 7) is 5.55. The second-order valence-electron chi connectivity index (χ2n) is 4.80. The highest BCUT2D eigenvalue weighted by Gasteiger charge is 2.20. The summed E-state index contributed by atoms with van der Waals surface area (Å²) in [5, 5.41) is 0. The SMILES string of the molecule is CCC(CC)N(CCOC)c1cc(N)ccc1C(N)=O. The highest BCUT2D eigenvalue weighted by atomic mass is 16.5. The lowest BCUT2D eigenvalue weighted by molar-refractivity contribution is 0.100. The molecule has 0 aliphatic rings. The van der Waals surface area contributed by atoms with Crippen molar-refractivity contribution in [2.24, 2.45) is 5.73 Å². The van der Waals surface area contributed by atoms with Crippen LogP contribution in [0.1, 0.15) is 37.0 Å². The van der Waals surface area contributed by atoms with Gasteiger partial charge in [-0.1, -0.05) is 13.8 Å². The van der Waals surface area contributed by atoms with Crippen molar-refractivity contribution in [3.63, 3.8) is 0 Å². The zero-order valence-electron chi connectivity index (χ0n) is 12.6. The molecule has 0 saturated carbocycles. The molecule has 1 amide bonds. The van der Waals surface area contributed by atoms with Gasteiger partial charge in [0.1, 0.15) is 0 Å². The fraction of sp³-hybridized carbons (Fsp3) is 0.533. The van der Waals surface area contributed by atoms with E-state index in [-0.39, 0.29) is 0 Å². The Bertz CT molecular complexity index is 445. The zero-order valence-corrected chi connectivity index (χ0v) is 12.6. The van der Waals surface area contributed by atoms with Gasteiger partial charge in [-0.25, -0.2) is 0 Å². The van der Waals surface area contributed by atoms with Crippen LogP contribution in [-0.4, -0.2) is 32.2 Å². The van der Waals surface area contributed by atoms with Crippen LogP contribution in [0.5, 0.6) is 0 Å². The molecule has 0 atom stereocenters. The number of benzene rings is 1. The van der Waals surface area contributed by atoms with Crippen molar-refractivity contribution in [1.29, 1.82) is 0 Å². The molecule has 0 radical (unpaired) electrons. The molecule has 0 aliphatic carbocycles. The maximum atomic E-state index is 11.6. The number of nitrogens with two attached hydrogens (primary N) is 2. The van der Waals surface area contributed by atoms with Crippen LogP contribution in [0.15, 0.2) is 18.2 Å². The third kappa shape index (κ3) is 3.87. The first-order chi connectivity index (χ1) is 9.54. The van der Waals surface area contributed by atoms with Gasteiger partial charge in [-0.2, -0.15) is 0 Å². The number of carbonyl (C=O) groups excluding carboxylic acids is 1. The third-order valence-electron chi connectivity index (χ3n) is 3.52. The molecule has 1 aromatic rings. The summed E-state index contributed by atoms with van der Waals surface area (Å²) in [7, 11) is 1.67. The predicted octanol–water partition coefficient (Wildman–Crippen LogP) is 2.01. The average Bonchev–Trinajstić information content (AvgIpc) is 2.43. The second kappa shape index (κ2) is 7.75. The van der Waals surface area contributed by atoms with E-state index in [0.29, 0.717) is 30.4 Å². The van der Waals surface area contributed by atoms with Gasteiger partial charge >= 0.3 is 0 Å². The lowest BCUT2D eigenvalue weighted by Crippen LogP contribution is -2.38. The van der Waals surface area contributed by atoms with Crippen molar-refractivity contribution in [2.45, 2.75) is 32.7 Å². The molecule has 5 nitrogen and oxygen atoms in total. The van der Waals surface area contributed by atoms with E-state index in [2.05, 4.69) is 18.7 Å². The van der Waals surface area contributed by atoms with Gasteiger partial charge in [-0.05, 0) is 31.0 Å². The van der Waals surface area contributed by atoms with Crippen molar-refractivity contribution in [3.8, 4) is 0 Å². The molecule has 0 spiro atoms. The van der Waals surface area contributed by atoms with Gasteiger partial charge in [-0.15, -0.1) is 0 Å². The molecule has 0 unspecified atom stereocenters. The first-order valence-electron chi connectivity index (χ1n) is 7.00. The van der Waals surface area contributed by atoms with Crippen LogP contribution in [0.2, 0.25) is 0 Å². The number of nitrogen functional groups attached to an aromatic ring is 1. The minimum Gasteiger partial charge on any atom is -0.399 e. The Hall–Kier alpha value is -1.75. The number of ether oxygens (including phenoxy) is 1. The summed E-state index contributed by atoms with van der Waals surface area (Å²) < 4.78 is 5.17. The number of amides is 1. The van der Waals surface area contributed by atoms with E-state index in [0.717, 1.165) is 18.5 Å². The predicted molar refractivity (Wildman–Crippen MR) is 83.0 cm³/mol. The van der Waals surface area contributed by atoms with Gasteiger partial charge in [0.05, 0.1) is 17.9 Å². The summed E-state index contributed by atoms with van der Waals surface area (Å²) in [6.07, 6.45) is 1.96. The first kappa shape index (κ1) is 16.3. The number of primary amides is 1. The normalized spacial score (nSPS) is 10.8. The Morgan fingerprint density at radius 1 is 1.35 bits per heavy atom. The maximum Gasteiger partial charge on any atom is 0.250 e. The molecule has 4 N–H and O–H groups in total. The minimum atomic E-state index is -0.437. The second-order valence-corrected chi connectivity index (χ2v) is 4.80. The van der Waals surface area contributed by atoms with E-state index >= 15 is 0 Å². The zero-order chi connectivity index (χ0) is 15.1. The number of methoxy groups -OCH3 is 1. The lowest BCUT2D eigenvalue weighted by atomic mass is 10.1. The first-order valence-corrected chi connectivity index (χ1v) is 7.00. The average molecular weight is 279 g/mol. The molecular weight excluding hydrogens is 254 g/mol. The molecule has 0 fully saturated rings.